The van der Waals surface area contributed by atoms with Gasteiger partial charge in [-0.1, -0.05) is 327 Å². The van der Waals surface area contributed by atoms with E-state index in [0.717, 1.165) is 19.3 Å². The zero-order valence-electron chi connectivity index (χ0n) is 42.6. The first-order valence-electron chi connectivity index (χ1n) is 29.0. The quantitative estimate of drug-likeness (QED) is 0.0488. The summed E-state index contributed by atoms with van der Waals surface area (Å²) in [6.07, 6.45) is 75.6. The molecule has 4 heteroatoms. The average Bonchev–Trinajstić information content (AvgIpc) is 3.27. The van der Waals surface area contributed by atoms with Crippen molar-refractivity contribution in [1.82, 2.24) is 0 Å². The number of rotatable bonds is 56. The molecule has 0 heterocycles. The number of carboxylic acids is 1. The van der Waals surface area contributed by atoms with Gasteiger partial charge >= 0.3 is 11.9 Å². The fourth-order valence-electron chi connectivity index (χ4n) is 9.66. The van der Waals surface area contributed by atoms with E-state index >= 15 is 0 Å². The fraction of sp³-hybridized carbons (Fsp3) is 0.966. The minimum Gasteiger partial charge on any atom is -0.481 e. The van der Waals surface area contributed by atoms with Crippen LogP contribution in [0.4, 0.5) is 0 Å². The predicted octanol–water partition coefficient (Wildman–Crippen LogP) is 20.7. The van der Waals surface area contributed by atoms with Gasteiger partial charge in [-0.3, -0.25) is 9.59 Å². The summed E-state index contributed by atoms with van der Waals surface area (Å²) >= 11 is 0. The molecule has 4 nitrogen and oxygen atoms in total. The van der Waals surface area contributed by atoms with Crippen molar-refractivity contribution in [3.8, 4) is 0 Å². The largest absolute Gasteiger partial charge is 0.481 e. The Labute approximate surface area is 390 Å². The lowest BCUT2D eigenvalue weighted by Gasteiger charge is -2.05. The third-order valence-corrected chi connectivity index (χ3v) is 14.0. The predicted molar refractivity (Wildman–Crippen MR) is 274 cm³/mol. The molecule has 0 rings (SSSR count). The number of methoxy groups -OCH3 is 1. The van der Waals surface area contributed by atoms with Crippen LogP contribution in [0.1, 0.15) is 353 Å². The first kappa shape index (κ1) is 60.9. The monoisotopic (exact) mass is 875 g/mol. The first-order valence-corrected chi connectivity index (χ1v) is 29.0. The number of carboxylic acid groups (broad SMARTS) is 1. The lowest BCUT2D eigenvalue weighted by molar-refractivity contribution is -0.141. The lowest BCUT2D eigenvalue weighted by Crippen LogP contribution is -1.99. The second-order valence-corrected chi connectivity index (χ2v) is 20.2. The highest BCUT2D eigenvalue weighted by Gasteiger charge is 2.02. The van der Waals surface area contributed by atoms with E-state index in [0.29, 0.717) is 12.8 Å². The van der Waals surface area contributed by atoms with E-state index < -0.39 is 5.97 Å². The maximum atomic E-state index is 11.1. The molecule has 62 heavy (non-hydrogen) atoms. The molecule has 0 saturated heterocycles. The summed E-state index contributed by atoms with van der Waals surface area (Å²) in [4.78, 5) is 21.6. The molecule has 0 amide bonds. The third kappa shape index (κ3) is 57.0. The highest BCUT2D eigenvalue weighted by Crippen LogP contribution is 2.19. The molecule has 0 spiro atoms. The van der Waals surface area contributed by atoms with E-state index in [1.54, 1.807) is 0 Å². The van der Waals surface area contributed by atoms with Crippen LogP contribution >= 0.6 is 0 Å². The van der Waals surface area contributed by atoms with E-state index in [4.69, 9.17) is 9.84 Å². The van der Waals surface area contributed by atoms with Crippen LogP contribution in [0.25, 0.3) is 0 Å². The van der Waals surface area contributed by atoms with Gasteiger partial charge in [-0.2, -0.15) is 0 Å². The number of esters is 1. The molecule has 0 aliphatic heterocycles. The fourth-order valence-corrected chi connectivity index (χ4v) is 9.66. The van der Waals surface area contributed by atoms with Crippen LogP contribution in [0.15, 0.2) is 0 Å². The topological polar surface area (TPSA) is 63.6 Å². The number of carbonyl (C=O) groups excluding carboxylic acids is 1. The molecule has 0 radical (unpaired) electrons. The molecule has 0 fully saturated rings. The van der Waals surface area contributed by atoms with Crippen molar-refractivity contribution in [3.63, 3.8) is 0 Å². The molecular formula is C58H114O4. The molecule has 0 aromatic carbocycles. The summed E-state index contributed by atoms with van der Waals surface area (Å²) in [7, 11) is 1.48. The average molecular weight is 876 g/mol. The SMILES string of the molecule is COC(=O)CCCCCCCCCCCCCCCCCCCCCCCCCCCCCCCCCCCCCCCCCCCCCCCCCCCCCCCC(=O)O. The summed E-state index contributed by atoms with van der Waals surface area (Å²) in [6, 6.07) is 0. The van der Waals surface area contributed by atoms with E-state index in [1.165, 1.54) is 328 Å². The van der Waals surface area contributed by atoms with Crippen molar-refractivity contribution in [2.45, 2.75) is 353 Å². The van der Waals surface area contributed by atoms with Crippen molar-refractivity contribution in [3.05, 3.63) is 0 Å². The van der Waals surface area contributed by atoms with Gasteiger partial charge in [0.15, 0.2) is 0 Å². The molecule has 0 aliphatic carbocycles. The van der Waals surface area contributed by atoms with Gasteiger partial charge in [-0.25, -0.2) is 0 Å². The number of hydrogen-bond donors (Lipinski definition) is 1. The van der Waals surface area contributed by atoms with Gasteiger partial charge < -0.3 is 9.84 Å². The van der Waals surface area contributed by atoms with Crippen LogP contribution in [0.3, 0.4) is 0 Å². The highest BCUT2D eigenvalue weighted by atomic mass is 16.5. The molecule has 0 bridgehead atoms. The van der Waals surface area contributed by atoms with Crippen molar-refractivity contribution < 1.29 is 19.4 Å². The zero-order valence-corrected chi connectivity index (χ0v) is 42.6. The molecule has 0 unspecified atom stereocenters. The Morgan fingerprint density at radius 1 is 0.226 bits per heavy atom. The molecule has 1 N–H and O–H groups in total. The Morgan fingerprint density at radius 3 is 0.452 bits per heavy atom. The minimum atomic E-state index is -0.648. The molecule has 370 valence electrons. The Kier molecular flexibility index (Phi) is 55.1. The normalized spacial score (nSPS) is 11.5. The maximum Gasteiger partial charge on any atom is 0.305 e. The summed E-state index contributed by atoms with van der Waals surface area (Å²) in [5, 5.41) is 8.67. The number of unbranched alkanes of at least 4 members (excludes halogenated alkanes) is 52. The van der Waals surface area contributed by atoms with E-state index in [-0.39, 0.29) is 5.97 Å². The van der Waals surface area contributed by atoms with Crippen LogP contribution in [-0.2, 0) is 14.3 Å². The molecule has 0 aromatic heterocycles. The van der Waals surface area contributed by atoms with Crippen molar-refractivity contribution in [1.29, 1.82) is 0 Å². The van der Waals surface area contributed by atoms with Crippen LogP contribution in [0, 0.1) is 0 Å². The molecule has 0 aliphatic rings. The summed E-state index contributed by atoms with van der Waals surface area (Å²) in [6.45, 7) is 0. The van der Waals surface area contributed by atoms with E-state index in [1.807, 2.05) is 0 Å². The summed E-state index contributed by atoms with van der Waals surface area (Å²) in [5.74, 6) is -0.708. The van der Waals surface area contributed by atoms with E-state index in [2.05, 4.69) is 0 Å². The van der Waals surface area contributed by atoms with Gasteiger partial charge in [-0.05, 0) is 12.8 Å². The van der Waals surface area contributed by atoms with Crippen molar-refractivity contribution in [2.24, 2.45) is 0 Å². The van der Waals surface area contributed by atoms with Gasteiger partial charge in [0.2, 0.25) is 0 Å². The van der Waals surface area contributed by atoms with Crippen molar-refractivity contribution in [2.75, 3.05) is 7.11 Å². The summed E-state index contributed by atoms with van der Waals surface area (Å²) < 4.78 is 4.70. The number of ether oxygens (including phenoxy) is 1. The Hall–Kier alpha value is -1.06. The van der Waals surface area contributed by atoms with Gasteiger partial charge in [-0.15, -0.1) is 0 Å². The van der Waals surface area contributed by atoms with Crippen LogP contribution in [0.2, 0.25) is 0 Å². The van der Waals surface area contributed by atoms with Gasteiger partial charge in [0.1, 0.15) is 0 Å². The number of hydrogen-bond acceptors (Lipinski definition) is 3. The second kappa shape index (κ2) is 56.1. The van der Waals surface area contributed by atoms with Crippen molar-refractivity contribution >= 4 is 11.9 Å². The second-order valence-electron chi connectivity index (χ2n) is 20.2. The van der Waals surface area contributed by atoms with Gasteiger partial charge in [0.05, 0.1) is 7.11 Å². The van der Waals surface area contributed by atoms with Crippen LogP contribution in [-0.4, -0.2) is 24.2 Å². The Morgan fingerprint density at radius 2 is 0.339 bits per heavy atom. The first-order chi connectivity index (χ1) is 30.7. The zero-order chi connectivity index (χ0) is 44.8. The molecule has 0 aromatic rings. The Balaban J connectivity index is 3.07. The summed E-state index contributed by atoms with van der Waals surface area (Å²) in [5.41, 5.74) is 0. The van der Waals surface area contributed by atoms with Gasteiger partial charge in [0.25, 0.3) is 0 Å². The minimum absolute atomic E-state index is 0.0604. The third-order valence-electron chi connectivity index (χ3n) is 14.0. The maximum absolute atomic E-state index is 11.1. The number of carbonyl (C=O) groups is 2. The molecule has 0 saturated carbocycles. The molecule has 0 atom stereocenters. The highest BCUT2D eigenvalue weighted by molar-refractivity contribution is 5.69. The number of aliphatic carboxylic acids is 1. The van der Waals surface area contributed by atoms with Crippen LogP contribution in [0.5, 0.6) is 0 Å². The smallest absolute Gasteiger partial charge is 0.305 e. The van der Waals surface area contributed by atoms with E-state index in [9.17, 15) is 9.59 Å². The van der Waals surface area contributed by atoms with Crippen LogP contribution < -0.4 is 0 Å². The standard InChI is InChI=1S/C58H114O4/c1-62-58(61)56-54-52-50-48-46-44-42-40-38-36-34-32-30-28-26-24-22-20-18-16-14-12-10-8-6-4-2-3-5-7-9-11-13-15-17-19-21-23-25-27-29-31-33-35-37-39-41-43-45-47-49-51-53-55-57(59)60/h2-56H2,1H3,(H,59,60). The lowest BCUT2D eigenvalue weighted by atomic mass is 10.0. The molecular weight excluding hydrogens is 761 g/mol. The Bertz CT molecular complexity index is 841. The van der Waals surface area contributed by atoms with Gasteiger partial charge in [0, 0.05) is 12.8 Å².